The molecule has 1 fully saturated rings. The van der Waals surface area contributed by atoms with E-state index >= 15 is 0 Å². The van der Waals surface area contributed by atoms with E-state index in [9.17, 15) is 0 Å². The van der Waals surface area contributed by atoms with Crippen molar-refractivity contribution in [3.8, 4) is 11.8 Å². The van der Waals surface area contributed by atoms with Gasteiger partial charge in [0.2, 0.25) is 0 Å². The maximum absolute atomic E-state index is 5.72. The third-order valence-electron chi connectivity index (χ3n) is 3.55. The average molecular weight is 294 g/mol. The van der Waals surface area contributed by atoms with Crippen molar-refractivity contribution in [3.63, 3.8) is 0 Å². The first-order chi connectivity index (χ1) is 10.3. The summed E-state index contributed by atoms with van der Waals surface area (Å²) in [6, 6.07) is 0.426. The highest BCUT2D eigenvalue weighted by Gasteiger charge is 2.32. The van der Waals surface area contributed by atoms with E-state index in [1.807, 2.05) is 0 Å². The standard InChI is InChI=1S/C16H26N2O3/c1-3-5-7-19-13-9-14(10-13)21-16-17-11-15(12-18-16)20-8-6-4-2/h11-14H,3-10H2,1-2H3. The summed E-state index contributed by atoms with van der Waals surface area (Å²) in [4.78, 5) is 8.36. The molecule has 0 aromatic carbocycles. The molecule has 0 aliphatic heterocycles. The van der Waals surface area contributed by atoms with E-state index in [0.717, 1.165) is 38.7 Å². The molecule has 1 heterocycles. The zero-order valence-electron chi connectivity index (χ0n) is 13.1. The Kier molecular flexibility index (Phi) is 6.73. The average Bonchev–Trinajstić information content (AvgIpc) is 2.46. The summed E-state index contributed by atoms with van der Waals surface area (Å²) in [7, 11) is 0. The number of hydrogen-bond acceptors (Lipinski definition) is 5. The van der Waals surface area contributed by atoms with E-state index in [4.69, 9.17) is 14.2 Å². The number of nitrogens with zero attached hydrogens (tertiary/aromatic N) is 2. The van der Waals surface area contributed by atoms with Gasteiger partial charge >= 0.3 is 6.01 Å². The summed E-state index contributed by atoms with van der Waals surface area (Å²) in [5, 5.41) is 0. The van der Waals surface area contributed by atoms with Crippen LogP contribution in [0.3, 0.4) is 0 Å². The molecular weight excluding hydrogens is 268 g/mol. The lowest BCUT2D eigenvalue weighted by Gasteiger charge is -2.34. The Bertz CT molecular complexity index is 391. The topological polar surface area (TPSA) is 53.5 Å². The summed E-state index contributed by atoms with van der Waals surface area (Å²) >= 11 is 0. The molecule has 0 saturated heterocycles. The van der Waals surface area contributed by atoms with Crippen molar-refractivity contribution in [2.24, 2.45) is 0 Å². The van der Waals surface area contributed by atoms with Gasteiger partial charge in [-0.3, -0.25) is 0 Å². The van der Waals surface area contributed by atoms with Crippen LogP contribution in [0.2, 0.25) is 0 Å². The molecule has 5 heteroatoms. The minimum absolute atomic E-state index is 0.184. The van der Waals surface area contributed by atoms with Crippen LogP contribution < -0.4 is 9.47 Å². The highest BCUT2D eigenvalue weighted by Crippen LogP contribution is 2.27. The molecule has 2 rings (SSSR count). The molecule has 1 aliphatic carbocycles. The fraction of sp³-hybridized carbons (Fsp3) is 0.750. The number of hydrogen-bond donors (Lipinski definition) is 0. The fourth-order valence-electron chi connectivity index (χ4n) is 2.07. The Morgan fingerprint density at radius 2 is 1.67 bits per heavy atom. The zero-order valence-corrected chi connectivity index (χ0v) is 13.1. The van der Waals surface area contributed by atoms with Gasteiger partial charge in [-0.1, -0.05) is 26.7 Å². The largest absolute Gasteiger partial charge is 0.490 e. The van der Waals surface area contributed by atoms with Gasteiger partial charge in [-0.2, -0.15) is 9.97 Å². The van der Waals surface area contributed by atoms with Crippen LogP contribution in [-0.2, 0) is 4.74 Å². The predicted octanol–water partition coefficient (Wildman–Crippen LogP) is 3.38. The van der Waals surface area contributed by atoms with Crippen LogP contribution in [0.1, 0.15) is 52.4 Å². The second-order valence-electron chi connectivity index (χ2n) is 5.46. The number of rotatable bonds is 10. The van der Waals surface area contributed by atoms with Crippen LogP contribution in [0.15, 0.2) is 12.4 Å². The quantitative estimate of drug-likeness (QED) is 0.619. The molecule has 1 aromatic heterocycles. The smallest absolute Gasteiger partial charge is 0.316 e. The summed E-state index contributed by atoms with van der Waals surface area (Å²) in [5.41, 5.74) is 0. The molecule has 0 atom stereocenters. The van der Waals surface area contributed by atoms with Crippen molar-refractivity contribution < 1.29 is 14.2 Å². The third kappa shape index (κ3) is 5.50. The van der Waals surface area contributed by atoms with Crippen LogP contribution in [0, 0.1) is 0 Å². The van der Waals surface area contributed by atoms with Crippen molar-refractivity contribution in [2.75, 3.05) is 13.2 Å². The number of aromatic nitrogens is 2. The van der Waals surface area contributed by atoms with E-state index < -0.39 is 0 Å². The van der Waals surface area contributed by atoms with Crippen LogP contribution in [0.25, 0.3) is 0 Å². The van der Waals surface area contributed by atoms with Gasteiger partial charge in [-0.05, 0) is 12.8 Å². The van der Waals surface area contributed by atoms with Crippen LogP contribution in [0.5, 0.6) is 11.8 Å². The monoisotopic (exact) mass is 294 g/mol. The molecule has 1 aromatic rings. The molecule has 21 heavy (non-hydrogen) atoms. The first-order valence-electron chi connectivity index (χ1n) is 8.05. The Balaban J connectivity index is 1.63. The number of ether oxygens (including phenoxy) is 3. The van der Waals surface area contributed by atoms with Gasteiger partial charge in [-0.25, -0.2) is 0 Å². The van der Waals surface area contributed by atoms with Gasteiger partial charge < -0.3 is 14.2 Å². The van der Waals surface area contributed by atoms with Crippen molar-refractivity contribution >= 4 is 0 Å². The SMILES string of the molecule is CCCCOc1cnc(OC2CC(OCCCC)C2)nc1. The second-order valence-corrected chi connectivity index (χ2v) is 5.46. The molecule has 0 amide bonds. The van der Waals surface area contributed by atoms with Crippen molar-refractivity contribution in [3.05, 3.63) is 12.4 Å². The molecule has 0 spiro atoms. The van der Waals surface area contributed by atoms with Gasteiger partial charge in [0.05, 0.1) is 25.1 Å². The van der Waals surface area contributed by atoms with E-state index in [2.05, 4.69) is 23.8 Å². The van der Waals surface area contributed by atoms with Gasteiger partial charge in [0.25, 0.3) is 0 Å². The minimum Gasteiger partial charge on any atom is -0.490 e. The van der Waals surface area contributed by atoms with Crippen molar-refractivity contribution in [1.29, 1.82) is 0 Å². The second kappa shape index (κ2) is 8.82. The Morgan fingerprint density at radius 1 is 1.00 bits per heavy atom. The molecule has 118 valence electrons. The van der Waals surface area contributed by atoms with Gasteiger partial charge in [0.1, 0.15) is 6.10 Å². The normalized spacial score (nSPS) is 20.9. The minimum atomic E-state index is 0.184. The van der Waals surface area contributed by atoms with Gasteiger partial charge in [0.15, 0.2) is 5.75 Å². The molecular formula is C16H26N2O3. The maximum atomic E-state index is 5.72. The van der Waals surface area contributed by atoms with Crippen LogP contribution >= 0.6 is 0 Å². The lowest BCUT2D eigenvalue weighted by Crippen LogP contribution is -2.40. The van der Waals surface area contributed by atoms with Gasteiger partial charge in [-0.15, -0.1) is 0 Å². The Morgan fingerprint density at radius 3 is 2.33 bits per heavy atom. The van der Waals surface area contributed by atoms with E-state index in [-0.39, 0.29) is 6.10 Å². The molecule has 0 radical (unpaired) electrons. The van der Waals surface area contributed by atoms with E-state index in [0.29, 0.717) is 24.5 Å². The van der Waals surface area contributed by atoms with Crippen molar-refractivity contribution in [2.45, 2.75) is 64.6 Å². The lowest BCUT2D eigenvalue weighted by atomic mass is 9.92. The van der Waals surface area contributed by atoms with Crippen LogP contribution in [0.4, 0.5) is 0 Å². The van der Waals surface area contributed by atoms with E-state index in [1.165, 1.54) is 6.42 Å². The summed E-state index contributed by atoms with van der Waals surface area (Å²) in [6.07, 6.45) is 10.2. The third-order valence-corrected chi connectivity index (χ3v) is 3.55. The Hall–Kier alpha value is -1.36. The first-order valence-corrected chi connectivity index (χ1v) is 8.05. The maximum Gasteiger partial charge on any atom is 0.316 e. The number of unbranched alkanes of at least 4 members (excludes halogenated alkanes) is 2. The highest BCUT2D eigenvalue weighted by molar-refractivity contribution is 5.14. The molecule has 0 unspecified atom stereocenters. The zero-order chi connectivity index (χ0) is 14.9. The molecule has 1 aliphatic rings. The summed E-state index contributed by atoms with van der Waals surface area (Å²) in [5.74, 6) is 0.699. The Labute approximate surface area is 127 Å². The lowest BCUT2D eigenvalue weighted by molar-refractivity contribution is -0.0638. The predicted molar refractivity (Wildman–Crippen MR) is 80.7 cm³/mol. The molecule has 5 nitrogen and oxygen atoms in total. The first kappa shape index (κ1) is 16.0. The highest BCUT2D eigenvalue weighted by atomic mass is 16.5. The molecule has 1 saturated carbocycles. The van der Waals surface area contributed by atoms with Crippen LogP contribution in [-0.4, -0.2) is 35.4 Å². The molecule has 0 N–H and O–H groups in total. The van der Waals surface area contributed by atoms with Crippen molar-refractivity contribution in [1.82, 2.24) is 9.97 Å². The van der Waals surface area contributed by atoms with Gasteiger partial charge in [0, 0.05) is 19.4 Å². The molecule has 0 bridgehead atoms. The summed E-state index contributed by atoms with van der Waals surface area (Å²) < 4.78 is 16.9. The van der Waals surface area contributed by atoms with E-state index in [1.54, 1.807) is 12.4 Å². The fourth-order valence-corrected chi connectivity index (χ4v) is 2.07. The summed E-state index contributed by atoms with van der Waals surface area (Å²) in [6.45, 7) is 5.87.